The first-order valence-electron chi connectivity index (χ1n) is 5.66. The third-order valence-corrected chi connectivity index (χ3v) is 3.47. The maximum Gasteiger partial charge on any atom is 0.330 e. The lowest BCUT2D eigenvalue weighted by Gasteiger charge is -2.37. The molecule has 0 aliphatic carbocycles. The van der Waals surface area contributed by atoms with Crippen LogP contribution in [-0.2, 0) is 4.79 Å². The number of hydrogen-bond donors (Lipinski definition) is 1. The van der Waals surface area contributed by atoms with Crippen LogP contribution in [0.15, 0.2) is 11.6 Å². The molecule has 0 saturated carbocycles. The van der Waals surface area contributed by atoms with Crippen molar-refractivity contribution in [1.82, 2.24) is 4.90 Å². The maximum absolute atomic E-state index is 10.6. The summed E-state index contributed by atoms with van der Waals surface area (Å²) in [5.41, 5.74) is 0.445. The summed E-state index contributed by atoms with van der Waals surface area (Å²) in [5.74, 6) is -0.0926. The molecule has 2 unspecified atom stereocenters. The third-order valence-electron chi connectivity index (χ3n) is 3.47. The normalized spacial score (nSPS) is 29.1. The van der Waals surface area contributed by atoms with E-state index in [1.54, 1.807) is 6.92 Å². The van der Waals surface area contributed by atoms with E-state index < -0.39 is 5.97 Å². The first kappa shape index (κ1) is 12.2. The van der Waals surface area contributed by atoms with Gasteiger partial charge in [0.2, 0.25) is 0 Å². The second-order valence-corrected chi connectivity index (χ2v) is 4.55. The van der Waals surface area contributed by atoms with Gasteiger partial charge in [-0.1, -0.05) is 13.0 Å². The number of likely N-dealkylation sites (tertiary alicyclic amines) is 1. The largest absolute Gasteiger partial charge is 0.478 e. The molecule has 3 nitrogen and oxygen atoms in total. The molecule has 1 N–H and O–H groups in total. The molecule has 1 saturated heterocycles. The highest BCUT2D eigenvalue weighted by atomic mass is 16.4. The molecular formula is C12H21NO2. The summed E-state index contributed by atoms with van der Waals surface area (Å²) in [6.07, 6.45) is 4.33. The zero-order chi connectivity index (χ0) is 11.4. The van der Waals surface area contributed by atoms with E-state index in [0.29, 0.717) is 11.6 Å². The van der Waals surface area contributed by atoms with Gasteiger partial charge in [0, 0.05) is 18.2 Å². The van der Waals surface area contributed by atoms with Crippen molar-refractivity contribution >= 4 is 5.97 Å². The van der Waals surface area contributed by atoms with E-state index in [1.165, 1.54) is 12.8 Å². The lowest BCUT2D eigenvalue weighted by Crippen LogP contribution is -2.42. The summed E-state index contributed by atoms with van der Waals surface area (Å²) in [6.45, 7) is 8.01. The molecule has 0 aromatic carbocycles. The zero-order valence-corrected chi connectivity index (χ0v) is 9.86. The molecule has 0 spiro atoms. The van der Waals surface area contributed by atoms with Crippen molar-refractivity contribution in [2.24, 2.45) is 5.92 Å². The molecule has 86 valence electrons. The predicted molar refractivity (Wildman–Crippen MR) is 60.8 cm³/mol. The van der Waals surface area contributed by atoms with E-state index in [4.69, 9.17) is 5.11 Å². The molecule has 0 aromatic rings. The Morgan fingerprint density at radius 3 is 2.80 bits per heavy atom. The standard InChI is InChI=1S/C12H21NO2/c1-9-5-4-7-13(11(9)3)8-6-10(2)12(14)15/h6,9,11H,4-5,7-8H2,1-3H3,(H,14,15). The van der Waals surface area contributed by atoms with Gasteiger partial charge in [-0.05, 0) is 39.2 Å². The zero-order valence-electron chi connectivity index (χ0n) is 9.86. The van der Waals surface area contributed by atoms with Crippen LogP contribution in [-0.4, -0.2) is 35.1 Å². The van der Waals surface area contributed by atoms with Crippen molar-refractivity contribution in [3.05, 3.63) is 11.6 Å². The fraction of sp³-hybridized carbons (Fsp3) is 0.750. The van der Waals surface area contributed by atoms with Crippen LogP contribution in [0.1, 0.15) is 33.6 Å². The molecule has 1 aliphatic heterocycles. The molecule has 15 heavy (non-hydrogen) atoms. The minimum Gasteiger partial charge on any atom is -0.478 e. The lowest BCUT2D eigenvalue weighted by atomic mass is 9.92. The molecule has 1 aliphatic rings. The number of piperidine rings is 1. The van der Waals surface area contributed by atoms with Crippen LogP contribution in [0.25, 0.3) is 0 Å². The molecule has 0 bridgehead atoms. The molecular weight excluding hydrogens is 190 g/mol. The summed E-state index contributed by atoms with van der Waals surface area (Å²) in [7, 11) is 0. The average Bonchev–Trinajstić information content (AvgIpc) is 2.19. The molecule has 1 heterocycles. The summed E-state index contributed by atoms with van der Waals surface area (Å²) in [6, 6.07) is 0.566. The van der Waals surface area contributed by atoms with Gasteiger partial charge in [-0.15, -0.1) is 0 Å². The van der Waals surface area contributed by atoms with Crippen molar-refractivity contribution < 1.29 is 9.90 Å². The van der Waals surface area contributed by atoms with E-state index in [2.05, 4.69) is 18.7 Å². The first-order chi connectivity index (χ1) is 7.02. The fourth-order valence-corrected chi connectivity index (χ4v) is 2.02. The number of carboxylic acids is 1. The average molecular weight is 211 g/mol. The minimum atomic E-state index is -0.812. The number of hydrogen-bond acceptors (Lipinski definition) is 2. The number of aliphatic carboxylic acids is 1. The first-order valence-corrected chi connectivity index (χ1v) is 5.66. The van der Waals surface area contributed by atoms with Crippen LogP contribution >= 0.6 is 0 Å². The van der Waals surface area contributed by atoms with Gasteiger partial charge in [-0.3, -0.25) is 4.90 Å². The minimum absolute atomic E-state index is 0.445. The molecule has 3 heteroatoms. The van der Waals surface area contributed by atoms with Gasteiger partial charge in [0.1, 0.15) is 0 Å². The van der Waals surface area contributed by atoms with E-state index in [1.807, 2.05) is 6.08 Å². The Morgan fingerprint density at radius 2 is 2.20 bits per heavy atom. The predicted octanol–water partition coefficient (Wildman–Crippen LogP) is 2.14. The fourth-order valence-electron chi connectivity index (χ4n) is 2.02. The van der Waals surface area contributed by atoms with Gasteiger partial charge in [0.25, 0.3) is 0 Å². The van der Waals surface area contributed by atoms with Gasteiger partial charge in [0.15, 0.2) is 0 Å². The monoisotopic (exact) mass is 211 g/mol. The number of nitrogens with zero attached hydrogens (tertiary/aromatic N) is 1. The highest BCUT2D eigenvalue weighted by molar-refractivity contribution is 5.85. The van der Waals surface area contributed by atoms with Gasteiger partial charge in [0.05, 0.1) is 0 Å². The van der Waals surface area contributed by atoms with Crippen LogP contribution in [0.3, 0.4) is 0 Å². The Hall–Kier alpha value is -0.830. The van der Waals surface area contributed by atoms with Crippen molar-refractivity contribution in [2.75, 3.05) is 13.1 Å². The van der Waals surface area contributed by atoms with Gasteiger partial charge in [-0.25, -0.2) is 4.79 Å². The maximum atomic E-state index is 10.6. The molecule has 1 fully saturated rings. The molecule has 0 aromatic heterocycles. The summed E-state index contributed by atoms with van der Waals surface area (Å²) < 4.78 is 0. The smallest absolute Gasteiger partial charge is 0.330 e. The summed E-state index contributed by atoms with van der Waals surface area (Å²) in [5, 5.41) is 8.74. The number of rotatable bonds is 3. The molecule has 1 rings (SSSR count). The highest BCUT2D eigenvalue weighted by Gasteiger charge is 2.23. The molecule has 0 amide bonds. The second-order valence-electron chi connectivity index (χ2n) is 4.55. The Labute approximate surface area is 91.8 Å². The van der Waals surface area contributed by atoms with Crippen molar-refractivity contribution in [3.8, 4) is 0 Å². The quantitative estimate of drug-likeness (QED) is 0.727. The third kappa shape index (κ3) is 3.34. The summed E-state index contributed by atoms with van der Waals surface area (Å²) in [4.78, 5) is 13.0. The molecule has 0 radical (unpaired) electrons. The van der Waals surface area contributed by atoms with Crippen LogP contribution in [0.5, 0.6) is 0 Å². The van der Waals surface area contributed by atoms with E-state index in [9.17, 15) is 4.79 Å². The summed E-state index contributed by atoms with van der Waals surface area (Å²) >= 11 is 0. The Bertz CT molecular complexity index is 260. The topological polar surface area (TPSA) is 40.5 Å². The van der Waals surface area contributed by atoms with Crippen molar-refractivity contribution in [1.29, 1.82) is 0 Å². The van der Waals surface area contributed by atoms with Gasteiger partial charge >= 0.3 is 5.97 Å². The Balaban J connectivity index is 2.51. The molecule has 2 atom stereocenters. The second kappa shape index (κ2) is 5.31. The Morgan fingerprint density at radius 1 is 1.53 bits per heavy atom. The van der Waals surface area contributed by atoms with Crippen LogP contribution < -0.4 is 0 Å². The van der Waals surface area contributed by atoms with Crippen molar-refractivity contribution in [2.45, 2.75) is 39.7 Å². The van der Waals surface area contributed by atoms with Crippen LogP contribution in [0, 0.1) is 5.92 Å². The van der Waals surface area contributed by atoms with Crippen molar-refractivity contribution in [3.63, 3.8) is 0 Å². The van der Waals surface area contributed by atoms with E-state index in [-0.39, 0.29) is 0 Å². The van der Waals surface area contributed by atoms with E-state index in [0.717, 1.165) is 19.0 Å². The Kier molecular flexibility index (Phi) is 4.33. The number of carbonyl (C=O) groups is 1. The SMILES string of the molecule is CC(=CCN1CCCC(C)C1C)C(=O)O. The van der Waals surface area contributed by atoms with Crippen LogP contribution in [0.2, 0.25) is 0 Å². The van der Waals surface area contributed by atoms with Gasteiger partial charge < -0.3 is 5.11 Å². The van der Waals surface area contributed by atoms with Gasteiger partial charge in [-0.2, -0.15) is 0 Å². The lowest BCUT2D eigenvalue weighted by molar-refractivity contribution is -0.132. The number of carboxylic acid groups (broad SMARTS) is 1. The van der Waals surface area contributed by atoms with Crippen LogP contribution in [0.4, 0.5) is 0 Å². The van der Waals surface area contributed by atoms with E-state index >= 15 is 0 Å². The highest BCUT2D eigenvalue weighted by Crippen LogP contribution is 2.22.